The number of likely N-dealkylation sites (N-methyl/N-ethyl adjacent to an activating group) is 1. The van der Waals surface area contributed by atoms with Gasteiger partial charge in [0.2, 0.25) is 0 Å². The van der Waals surface area contributed by atoms with Crippen LogP contribution < -0.4 is 0 Å². The molecule has 1 aliphatic heterocycles. The summed E-state index contributed by atoms with van der Waals surface area (Å²) < 4.78 is 44.2. The number of carbonyl (C=O) groups is 2. The lowest BCUT2D eigenvalue weighted by Crippen LogP contribution is -2.44. The summed E-state index contributed by atoms with van der Waals surface area (Å²) in [6.07, 6.45) is 0. The van der Waals surface area contributed by atoms with E-state index >= 15 is 0 Å². The second kappa shape index (κ2) is 5.72. The van der Waals surface area contributed by atoms with E-state index in [1.54, 1.807) is 0 Å². The van der Waals surface area contributed by atoms with Crippen molar-refractivity contribution in [3.05, 3.63) is 35.1 Å². The number of hydrogen-bond donors (Lipinski definition) is 1. The summed E-state index contributed by atoms with van der Waals surface area (Å²) in [5.41, 5.74) is -0.398. The molecule has 2 rings (SSSR count). The Balaban J connectivity index is 2.25. The van der Waals surface area contributed by atoms with Gasteiger partial charge in [-0.05, 0) is 12.1 Å². The summed E-state index contributed by atoms with van der Waals surface area (Å²) in [5.74, 6) is -7.49. The summed E-state index contributed by atoms with van der Waals surface area (Å²) in [4.78, 5) is 24.2. The predicted octanol–water partition coefficient (Wildman–Crippen LogP) is 1.28. The Kier molecular flexibility index (Phi) is 4.17. The van der Waals surface area contributed by atoms with Gasteiger partial charge in [-0.25, -0.2) is 13.2 Å². The van der Waals surface area contributed by atoms with E-state index in [1.165, 1.54) is 7.05 Å². The van der Waals surface area contributed by atoms with Crippen molar-refractivity contribution in [3.63, 3.8) is 0 Å². The maximum absolute atomic E-state index is 13.1. The molecule has 2 atom stereocenters. The van der Waals surface area contributed by atoms with Crippen LogP contribution in [0.1, 0.15) is 10.4 Å². The first-order chi connectivity index (χ1) is 9.82. The van der Waals surface area contributed by atoms with E-state index in [0.717, 1.165) is 4.90 Å². The topological polar surface area (TPSA) is 66.8 Å². The van der Waals surface area contributed by atoms with Crippen molar-refractivity contribution in [1.82, 2.24) is 4.90 Å². The molecule has 1 heterocycles. The van der Waals surface area contributed by atoms with E-state index in [-0.39, 0.29) is 13.2 Å². The van der Waals surface area contributed by atoms with Crippen molar-refractivity contribution in [1.29, 1.82) is 0 Å². The molecule has 0 bridgehead atoms. The molecule has 1 fully saturated rings. The zero-order valence-corrected chi connectivity index (χ0v) is 11.0. The maximum Gasteiger partial charge on any atom is 0.311 e. The number of rotatable bonds is 3. The zero-order valence-electron chi connectivity index (χ0n) is 11.0. The number of carbonyl (C=O) groups excluding carboxylic acids is 1. The lowest BCUT2D eigenvalue weighted by Gasteiger charge is -2.26. The predicted molar refractivity (Wildman–Crippen MR) is 64.1 cm³/mol. The van der Waals surface area contributed by atoms with E-state index in [9.17, 15) is 22.8 Å². The average Bonchev–Trinajstić information content (AvgIpc) is 2.92. The first-order valence-electron chi connectivity index (χ1n) is 6.05. The molecule has 2 unspecified atom stereocenters. The van der Waals surface area contributed by atoms with Crippen molar-refractivity contribution < 1.29 is 32.6 Å². The molecule has 0 spiro atoms. The average molecular weight is 303 g/mol. The number of aliphatic carboxylic acids is 1. The molecule has 1 N–H and O–H groups in total. The number of ether oxygens (including phenoxy) is 1. The lowest BCUT2D eigenvalue weighted by atomic mass is 10.0. The number of carboxylic acids is 1. The van der Waals surface area contributed by atoms with Crippen molar-refractivity contribution in [2.24, 2.45) is 5.92 Å². The molecule has 0 aliphatic carbocycles. The van der Waals surface area contributed by atoms with Gasteiger partial charge in [-0.2, -0.15) is 0 Å². The molecule has 0 radical (unpaired) electrons. The third-order valence-corrected chi connectivity index (χ3v) is 3.42. The van der Waals surface area contributed by atoms with Crippen LogP contribution in [0.25, 0.3) is 0 Å². The fourth-order valence-electron chi connectivity index (χ4n) is 2.19. The molecule has 1 aromatic rings. The monoisotopic (exact) mass is 303 g/mol. The lowest BCUT2D eigenvalue weighted by molar-refractivity contribution is -0.142. The van der Waals surface area contributed by atoms with Crippen molar-refractivity contribution in [2.45, 2.75) is 6.04 Å². The SMILES string of the molecule is CN(C(=O)c1cc(F)c(F)c(F)c1)C1COCC1C(=O)O. The van der Waals surface area contributed by atoms with Crippen LogP contribution in [-0.4, -0.2) is 48.2 Å². The summed E-state index contributed by atoms with van der Waals surface area (Å²) in [6.45, 7) is -0.0465. The van der Waals surface area contributed by atoms with Crippen LogP contribution in [0.3, 0.4) is 0 Å². The highest BCUT2D eigenvalue weighted by Gasteiger charge is 2.38. The van der Waals surface area contributed by atoms with E-state index in [1.807, 2.05) is 0 Å². The third kappa shape index (κ3) is 2.85. The Bertz CT molecular complexity index is 570. The van der Waals surface area contributed by atoms with Crippen LogP contribution in [0.15, 0.2) is 12.1 Å². The molecule has 114 valence electrons. The fraction of sp³-hybridized carbons (Fsp3) is 0.385. The third-order valence-electron chi connectivity index (χ3n) is 3.42. The fourth-order valence-corrected chi connectivity index (χ4v) is 2.19. The minimum Gasteiger partial charge on any atom is -0.481 e. The van der Waals surface area contributed by atoms with Gasteiger partial charge >= 0.3 is 5.97 Å². The minimum atomic E-state index is -1.66. The Morgan fingerprint density at radius 3 is 2.33 bits per heavy atom. The molecule has 1 aromatic carbocycles. The van der Waals surface area contributed by atoms with E-state index in [0.29, 0.717) is 12.1 Å². The van der Waals surface area contributed by atoms with Crippen LogP contribution in [0, 0.1) is 23.4 Å². The van der Waals surface area contributed by atoms with Crippen LogP contribution in [0.5, 0.6) is 0 Å². The highest BCUT2D eigenvalue weighted by molar-refractivity contribution is 5.94. The van der Waals surface area contributed by atoms with Gasteiger partial charge in [-0.1, -0.05) is 0 Å². The maximum atomic E-state index is 13.1. The molecule has 5 nitrogen and oxygen atoms in total. The van der Waals surface area contributed by atoms with Crippen LogP contribution in [0.4, 0.5) is 13.2 Å². The van der Waals surface area contributed by atoms with Gasteiger partial charge in [0.15, 0.2) is 17.5 Å². The van der Waals surface area contributed by atoms with Crippen LogP contribution in [-0.2, 0) is 9.53 Å². The van der Waals surface area contributed by atoms with Gasteiger partial charge in [0.1, 0.15) is 5.92 Å². The summed E-state index contributed by atoms with van der Waals surface area (Å²) in [7, 11) is 1.30. The molecule has 8 heteroatoms. The van der Waals surface area contributed by atoms with Gasteiger partial charge < -0.3 is 14.7 Å². The Labute approximate surface area is 117 Å². The normalized spacial score (nSPS) is 21.3. The largest absolute Gasteiger partial charge is 0.481 e. The number of nitrogens with zero attached hydrogens (tertiary/aromatic N) is 1. The van der Waals surface area contributed by atoms with E-state index < -0.39 is 46.9 Å². The van der Waals surface area contributed by atoms with Gasteiger partial charge in [0, 0.05) is 12.6 Å². The molecule has 1 saturated heterocycles. The van der Waals surface area contributed by atoms with Crippen molar-refractivity contribution in [3.8, 4) is 0 Å². The first kappa shape index (κ1) is 15.3. The highest BCUT2D eigenvalue weighted by atomic mass is 19.2. The van der Waals surface area contributed by atoms with Gasteiger partial charge in [0.25, 0.3) is 5.91 Å². The molecule has 0 aromatic heterocycles. The minimum absolute atomic E-state index is 0.00532. The molecular formula is C13H12F3NO4. The summed E-state index contributed by atoms with van der Waals surface area (Å²) in [6, 6.07) is 0.386. The molecule has 1 aliphatic rings. The van der Waals surface area contributed by atoms with Gasteiger partial charge in [-0.3, -0.25) is 9.59 Å². The van der Waals surface area contributed by atoms with Crippen molar-refractivity contribution >= 4 is 11.9 Å². The molecule has 0 saturated carbocycles. The standard InChI is InChI=1S/C13H12F3NO4/c1-17(10-5-21-4-7(10)13(19)20)12(18)6-2-8(14)11(16)9(15)3-6/h2-3,7,10H,4-5H2,1H3,(H,19,20). The number of hydrogen-bond acceptors (Lipinski definition) is 3. The van der Waals surface area contributed by atoms with Gasteiger partial charge in [-0.15, -0.1) is 0 Å². The molecule has 21 heavy (non-hydrogen) atoms. The Hall–Kier alpha value is -2.09. The van der Waals surface area contributed by atoms with Gasteiger partial charge in [0.05, 0.1) is 19.3 Å². The van der Waals surface area contributed by atoms with E-state index in [2.05, 4.69) is 0 Å². The van der Waals surface area contributed by atoms with Crippen molar-refractivity contribution in [2.75, 3.05) is 20.3 Å². The number of carboxylic acid groups (broad SMARTS) is 1. The van der Waals surface area contributed by atoms with Crippen LogP contribution >= 0.6 is 0 Å². The number of amides is 1. The number of halogens is 3. The molecule has 1 amide bonds. The highest BCUT2D eigenvalue weighted by Crippen LogP contribution is 2.22. The quantitative estimate of drug-likeness (QED) is 0.854. The number of benzene rings is 1. The Morgan fingerprint density at radius 2 is 1.81 bits per heavy atom. The Morgan fingerprint density at radius 1 is 1.24 bits per heavy atom. The smallest absolute Gasteiger partial charge is 0.311 e. The second-order valence-corrected chi connectivity index (χ2v) is 4.72. The van der Waals surface area contributed by atoms with Crippen LogP contribution in [0.2, 0.25) is 0 Å². The summed E-state index contributed by atoms with van der Waals surface area (Å²) >= 11 is 0. The summed E-state index contributed by atoms with van der Waals surface area (Å²) in [5, 5.41) is 9.02. The molecular weight excluding hydrogens is 291 g/mol. The first-order valence-corrected chi connectivity index (χ1v) is 6.05. The zero-order chi connectivity index (χ0) is 15.7. The second-order valence-electron chi connectivity index (χ2n) is 4.72. The van der Waals surface area contributed by atoms with E-state index in [4.69, 9.17) is 9.84 Å².